The third kappa shape index (κ3) is 2.26. The van der Waals surface area contributed by atoms with E-state index < -0.39 is 0 Å². The van der Waals surface area contributed by atoms with Crippen molar-refractivity contribution in [1.29, 1.82) is 0 Å². The minimum absolute atomic E-state index is 0.0843. The van der Waals surface area contributed by atoms with Crippen molar-refractivity contribution in [1.82, 2.24) is 0 Å². The van der Waals surface area contributed by atoms with E-state index in [9.17, 15) is 0 Å². The minimum atomic E-state index is -0.163. The molecule has 1 aliphatic heterocycles. The molecule has 2 radical (unpaired) electrons. The van der Waals surface area contributed by atoms with Gasteiger partial charge in [-0.2, -0.15) is 0 Å². The van der Waals surface area contributed by atoms with Crippen molar-refractivity contribution in [3.05, 3.63) is 0 Å². The lowest BCUT2D eigenvalue weighted by atomic mass is 9.89. The number of ether oxygens (including phenoxy) is 2. The summed E-state index contributed by atoms with van der Waals surface area (Å²) in [6.45, 7) is 0.583. The van der Waals surface area contributed by atoms with Crippen molar-refractivity contribution < 1.29 is 9.47 Å². The van der Waals surface area contributed by atoms with Crippen molar-refractivity contribution >= 4 is 7.85 Å². The summed E-state index contributed by atoms with van der Waals surface area (Å²) < 4.78 is 10.4. The van der Waals surface area contributed by atoms with E-state index in [1.165, 1.54) is 0 Å². The van der Waals surface area contributed by atoms with Crippen molar-refractivity contribution in [2.75, 3.05) is 13.7 Å². The third-order valence-corrected chi connectivity index (χ3v) is 2.12. The summed E-state index contributed by atoms with van der Waals surface area (Å²) in [7, 11) is 7.28. The highest BCUT2D eigenvalue weighted by molar-refractivity contribution is 6.11. The van der Waals surface area contributed by atoms with Gasteiger partial charge in [-0.25, -0.2) is 0 Å². The van der Waals surface area contributed by atoms with Gasteiger partial charge in [-0.05, 0) is 12.3 Å². The predicted molar refractivity (Wildman–Crippen MR) is 47.8 cm³/mol. The molecule has 0 unspecified atom stereocenters. The van der Waals surface area contributed by atoms with Crippen LogP contribution in [0.2, 0.25) is 0 Å². The zero-order valence-corrected chi connectivity index (χ0v) is 7.32. The third-order valence-electron chi connectivity index (χ3n) is 2.12. The SMILES string of the molecule is [B][C@H]1C[C@@H](CC#C)[C@@H](COC)O1. The molecule has 0 aromatic heterocycles. The van der Waals surface area contributed by atoms with Crippen LogP contribution >= 0.6 is 0 Å². The maximum absolute atomic E-state index is 5.63. The molecule has 0 amide bonds. The Bertz CT molecular complexity index is 176. The Kier molecular flexibility index (Phi) is 3.64. The van der Waals surface area contributed by atoms with E-state index in [4.69, 9.17) is 23.7 Å². The van der Waals surface area contributed by atoms with E-state index in [0.717, 1.165) is 12.8 Å². The Hall–Kier alpha value is -0.455. The largest absolute Gasteiger partial charge is 0.382 e. The fourth-order valence-electron chi connectivity index (χ4n) is 1.55. The molecule has 1 aliphatic rings. The fraction of sp³-hybridized carbons (Fsp3) is 0.778. The van der Waals surface area contributed by atoms with E-state index in [1.807, 2.05) is 0 Å². The van der Waals surface area contributed by atoms with E-state index in [1.54, 1.807) is 7.11 Å². The maximum atomic E-state index is 5.63. The van der Waals surface area contributed by atoms with Gasteiger partial charge >= 0.3 is 0 Å². The molecular weight excluding hydrogens is 151 g/mol. The molecule has 1 rings (SSSR count). The second kappa shape index (κ2) is 4.54. The number of hydrogen-bond donors (Lipinski definition) is 0. The van der Waals surface area contributed by atoms with E-state index >= 15 is 0 Å². The van der Waals surface area contributed by atoms with E-state index in [0.29, 0.717) is 12.5 Å². The lowest BCUT2D eigenvalue weighted by molar-refractivity contribution is 0.0102. The summed E-state index contributed by atoms with van der Waals surface area (Å²) in [6, 6.07) is -0.163. The number of terminal acetylenes is 1. The molecule has 12 heavy (non-hydrogen) atoms. The van der Waals surface area contributed by atoms with Crippen LogP contribution in [0.1, 0.15) is 12.8 Å². The molecule has 1 heterocycles. The predicted octanol–water partition coefficient (Wildman–Crippen LogP) is 0.556. The van der Waals surface area contributed by atoms with E-state index in [2.05, 4.69) is 5.92 Å². The van der Waals surface area contributed by atoms with Crippen LogP contribution in [-0.2, 0) is 9.47 Å². The standard InChI is InChI=1S/C9H13BO2/c1-3-4-7-5-9(10)12-8(7)6-11-2/h1,7-9H,4-6H2,2H3/t7-,8-,9-/m1/s1. The van der Waals surface area contributed by atoms with Crippen LogP contribution in [0.3, 0.4) is 0 Å². The Labute approximate surface area is 75.0 Å². The molecule has 0 N–H and O–H groups in total. The Morgan fingerprint density at radius 3 is 3.08 bits per heavy atom. The van der Waals surface area contributed by atoms with Crippen molar-refractivity contribution in [2.24, 2.45) is 5.92 Å². The quantitative estimate of drug-likeness (QED) is 0.448. The van der Waals surface area contributed by atoms with Crippen molar-refractivity contribution in [3.8, 4) is 12.3 Å². The molecule has 0 aromatic rings. The normalized spacial score (nSPS) is 34.8. The lowest BCUT2D eigenvalue weighted by Crippen LogP contribution is -2.21. The highest BCUT2D eigenvalue weighted by Gasteiger charge is 2.31. The molecule has 1 saturated heterocycles. The van der Waals surface area contributed by atoms with Gasteiger partial charge in [0.2, 0.25) is 0 Å². The van der Waals surface area contributed by atoms with Gasteiger partial charge in [-0.15, -0.1) is 12.3 Å². The van der Waals surface area contributed by atoms with Crippen molar-refractivity contribution in [3.63, 3.8) is 0 Å². The van der Waals surface area contributed by atoms with Crippen molar-refractivity contribution in [2.45, 2.75) is 24.9 Å². The summed E-state index contributed by atoms with van der Waals surface area (Å²) in [5.41, 5.74) is 0. The topological polar surface area (TPSA) is 18.5 Å². The minimum Gasteiger partial charge on any atom is -0.382 e. The van der Waals surface area contributed by atoms with Gasteiger partial charge in [0.05, 0.1) is 12.7 Å². The Morgan fingerprint density at radius 2 is 2.50 bits per heavy atom. The lowest BCUT2D eigenvalue weighted by Gasteiger charge is -2.15. The van der Waals surface area contributed by atoms with Gasteiger partial charge < -0.3 is 9.47 Å². The summed E-state index contributed by atoms with van der Waals surface area (Å²) in [5.74, 6) is 2.99. The summed E-state index contributed by atoms with van der Waals surface area (Å²) >= 11 is 0. The van der Waals surface area contributed by atoms with Gasteiger partial charge in [0.25, 0.3) is 0 Å². The van der Waals surface area contributed by atoms with Crippen LogP contribution in [-0.4, -0.2) is 33.7 Å². The monoisotopic (exact) mass is 164 g/mol. The summed E-state index contributed by atoms with van der Waals surface area (Å²) in [6.07, 6.45) is 6.88. The molecule has 1 fully saturated rings. The molecule has 0 aliphatic carbocycles. The van der Waals surface area contributed by atoms with Crippen LogP contribution in [0.25, 0.3) is 0 Å². The average molecular weight is 164 g/mol. The Balaban J connectivity index is 2.42. The van der Waals surface area contributed by atoms with E-state index in [-0.39, 0.29) is 12.1 Å². The first-order valence-electron chi connectivity index (χ1n) is 4.11. The average Bonchev–Trinajstić information content (AvgIpc) is 2.33. The summed E-state index contributed by atoms with van der Waals surface area (Å²) in [5, 5.41) is 0. The number of methoxy groups -OCH3 is 1. The zero-order valence-electron chi connectivity index (χ0n) is 7.32. The molecular formula is C9H13BO2. The fourth-order valence-corrected chi connectivity index (χ4v) is 1.55. The summed E-state index contributed by atoms with van der Waals surface area (Å²) in [4.78, 5) is 0. The molecule has 0 saturated carbocycles. The van der Waals surface area contributed by atoms with Gasteiger partial charge in [-0.3, -0.25) is 0 Å². The van der Waals surface area contributed by atoms with Crippen LogP contribution in [0.5, 0.6) is 0 Å². The molecule has 64 valence electrons. The molecule has 3 atom stereocenters. The van der Waals surface area contributed by atoms with Gasteiger partial charge in [0, 0.05) is 19.5 Å². The molecule has 0 bridgehead atoms. The smallest absolute Gasteiger partial charge is 0.109 e. The zero-order chi connectivity index (χ0) is 8.97. The van der Waals surface area contributed by atoms with Crippen LogP contribution < -0.4 is 0 Å². The highest BCUT2D eigenvalue weighted by Crippen LogP contribution is 2.27. The van der Waals surface area contributed by atoms with Gasteiger partial charge in [0.1, 0.15) is 7.85 Å². The molecule has 3 heteroatoms. The van der Waals surface area contributed by atoms with Crippen LogP contribution in [0, 0.1) is 18.3 Å². The highest BCUT2D eigenvalue weighted by atomic mass is 16.5. The van der Waals surface area contributed by atoms with Gasteiger partial charge in [-0.1, -0.05) is 0 Å². The Morgan fingerprint density at radius 1 is 1.75 bits per heavy atom. The number of hydrogen-bond acceptors (Lipinski definition) is 2. The first kappa shape index (κ1) is 9.63. The molecule has 0 aromatic carbocycles. The first-order chi connectivity index (χ1) is 5.77. The van der Waals surface area contributed by atoms with Crippen LogP contribution in [0.4, 0.5) is 0 Å². The molecule has 0 spiro atoms. The van der Waals surface area contributed by atoms with Crippen LogP contribution in [0.15, 0.2) is 0 Å². The second-order valence-electron chi connectivity index (χ2n) is 3.07. The first-order valence-corrected chi connectivity index (χ1v) is 4.11. The second-order valence-corrected chi connectivity index (χ2v) is 3.07. The number of rotatable bonds is 3. The molecule has 2 nitrogen and oxygen atoms in total. The van der Waals surface area contributed by atoms with Gasteiger partial charge in [0.15, 0.2) is 0 Å². The maximum Gasteiger partial charge on any atom is 0.109 e.